The molecule has 8 heteroatoms. The second-order valence-electron chi connectivity index (χ2n) is 10.2. The first-order valence-corrected chi connectivity index (χ1v) is 14.2. The van der Waals surface area contributed by atoms with E-state index in [4.69, 9.17) is 23.2 Å². The summed E-state index contributed by atoms with van der Waals surface area (Å²) in [5.74, 6) is -0.108. The third kappa shape index (κ3) is 6.38. The lowest BCUT2D eigenvalue weighted by molar-refractivity contribution is 0.242. The third-order valence-electron chi connectivity index (χ3n) is 7.58. The molecule has 0 fully saturated rings. The predicted molar refractivity (Wildman–Crippen MR) is 158 cm³/mol. The molecule has 204 valence electrons. The summed E-state index contributed by atoms with van der Waals surface area (Å²) in [4.78, 5) is 17.5. The topological polar surface area (TPSA) is 70.7 Å². The monoisotopic (exact) mass is 574 g/mol. The van der Waals surface area contributed by atoms with Crippen molar-refractivity contribution in [1.82, 2.24) is 14.9 Å². The molecule has 2 heterocycles. The van der Waals surface area contributed by atoms with E-state index in [-0.39, 0.29) is 18.1 Å². The number of halogens is 3. The zero-order chi connectivity index (χ0) is 28.1. The van der Waals surface area contributed by atoms with E-state index < -0.39 is 5.82 Å². The van der Waals surface area contributed by atoms with Crippen LogP contribution in [0.5, 0.6) is 0 Å². The Morgan fingerprint density at radius 3 is 2.75 bits per heavy atom. The van der Waals surface area contributed by atoms with E-state index in [2.05, 4.69) is 22.5 Å². The molecule has 0 spiro atoms. The summed E-state index contributed by atoms with van der Waals surface area (Å²) in [5, 5.41) is 14.3. The summed E-state index contributed by atoms with van der Waals surface area (Å²) in [6.07, 6.45) is 12.4. The van der Waals surface area contributed by atoms with E-state index in [1.165, 1.54) is 6.07 Å². The van der Waals surface area contributed by atoms with Crippen LogP contribution in [0, 0.1) is 23.1 Å². The van der Waals surface area contributed by atoms with Crippen LogP contribution in [-0.4, -0.2) is 15.6 Å². The average molecular weight is 576 g/mol. The van der Waals surface area contributed by atoms with Gasteiger partial charge < -0.3 is 5.32 Å². The van der Waals surface area contributed by atoms with Crippen molar-refractivity contribution in [2.24, 2.45) is 5.92 Å². The fourth-order valence-electron chi connectivity index (χ4n) is 5.56. The van der Waals surface area contributed by atoms with Crippen LogP contribution in [0.25, 0.3) is 17.0 Å². The minimum Gasteiger partial charge on any atom is -0.333 e. The van der Waals surface area contributed by atoms with Crippen molar-refractivity contribution in [1.29, 1.82) is 5.26 Å². The van der Waals surface area contributed by atoms with Gasteiger partial charge in [-0.25, -0.2) is 14.2 Å². The van der Waals surface area contributed by atoms with Crippen LogP contribution in [0.2, 0.25) is 10.2 Å². The third-order valence-corrected chi connectivity index (χ3v) is 8.04. The van der Waals surface area contributed by atoms with Gasteiger partial charge in [-0.2, -0.15) is 5.26 Å². The largest absolute Gasteiger partial charge is 0.333 e. The Kier molecular flexibility index (Phi) is 8.84. The maximum Gasteiger partial charge on any atom is 0.326 e. The summed E-state index contributed by atoms with van der Waals surface area (Å²) in [5.41, 5.74) is 4.37. The SMILES string of the molecule is N#Cc1cc2c3c(n(C(=O)NCc4ccnc(Cl)c4)c2cc1F)CCC(CC/C=C/c1ccc(Cl)cc1)CCC3. The number of aromatic nitrogens is 2. The van der Waals surface area contributed by atoms with Gasteiger partial charge in [0, 0.05) is 34.9 Å². The number of carbonyl (C=O) groups is 1. The Balaban J connectivity index is 1.37. The lowest BCUT2D eigenvalue weighted by Gasteiger charge is -2.21. The molecule has 40 heavy (non-hydrogen) atoms. The highest BCUT2D eigenvalue weighted by molar-refractivity contribution is 6.30. The van der Waals surface area contributed by atoms with Crippen molar-refractivity contribution in [3.05, 3.63) is 105 Å². The van der Waals surface area contributed by atoms with E-state index in [9.17, 15) is 14.4 Å². The molecule has 4 aromatic rings. The predicted octanol–water partition coefficient (Wildman–Crippen LogP) is 8.49. The van der Waals surface area contributed by atoms with Gasteiger partial charge in [0.05, 0.1) is 11.1 Å². The molecule has 1 N–H and O–H groups in total. The summed E-state index contributed by atoms with van der Waals surface area (Å²) in [7, 11) is 0. The van der Waals surface area contributed by atoms with Gasteiger partial charge in [-0.15, -0.1) is 0 Å². The molecule has 0 bridgehead atoms. The van der Waals surface area contributed by atoms with Crippen LogP contribution >= 0.6 is 23.2 Å². The number of carbonyl (C=O) groups excluding carboxylic acids is 1. The normalized spacial score (nSPS) is 15.4. The minimum atomic E-state index is -0.624. The Morgan fingerprint density at radius 2 is 1.98 bits per heavy atom. The molecule has 0 aliphatic heterocycles. The van der Waals surface area contributed by atoms with Gasteiger partial charge in [-0.1, -0.05) is 53.9 Å². The summed E-state index contributed by atoms with van der Waals surface area (Å²) in [6.45, 7) is 0.261. The highest BCUT2D eigenvalue weighted by Gasteiger charge is 2.25. The smallest absolute Gasteiger partial charge is 0.326 e. The number of allylic oxidation sites excluding steroid dienone is 1. The number of hydrogen-bond donors (Lipinski definition) is 1. The van der Waals surface area contributed by atoms with Gasteiger partial charge in [-0.3, -0.25) is 4.57 Å². The number of hydrogen-bond acceptors (Lipinski definition) is 3. The standard InChI is InChI=1S/C32H29Cl2FN4O/c33-25-11-8-22(9-12-25)5-2-1-4-21-6-3-7-26-27-17-24(19-36)28(35)18-30(27)39(29(26)13-10-21)32(40)38-20-23-14-15-37-31(34)16-23/h2,5,8-9,11-12,14-18,21H,1,3-4,6-7,10,13,20H2,(H,38,40)/b5-2+. The molecule has 0 saturated carbocycles. The number of rotatable bonds is 6. The summed E-state index contributed by atoms with van der Waals surface area (Å²) >= 11 is 12.0. The van der Waals surface area contributed by atoms with Crippen molar-refractivity contribution < 1.29 is 9.18 Å². The van der Waals surface area contributed by atoms with Gasteiger partial charge in [-0.05, 0) is 91.5 Å². The zero-order valence-corrected chi connectivity index (χ0v) is 23.5. The van der Waals surface area contributed by atoms with Crippen LogP contribution < -0.4 is 5.32 Å². The summed E-state index contributed by atoms with van der Waals surface area (Å²) in [6, 6.07) is 15.8. The van der Waals surface area contributed by atoms with E-state index in [1.54, 1.807) is 29.0 Å². The number of amides is 1. The molecular formula is C32H29Cl2FN4O. The van der Waals surface area contributed by atoms with Crippen LogP contribution in [0.1, 0.15) is 60.1 Å². The zero-order valence-electron chi connectivity index (χ0n) is 22.0. The van der Waals surface area contributed by atoms with Crippen molar-refractivity contribution in [2.75, 3.05) is 0 Å². The molecule has 5 nitrogen and oxygen atoms in total. The van der Waals surface area contributed by atoms with Gasteiger partial charge in [0.15, 0.2) is 0 Å². The number of nitrogens with one attached hydrogen (secondary N) is 1. The Morgan fingerprint density at radius 1 is 1.15 bits per heavy atom. The second-order valence-corrected chi connectivity index (χ2v) is 11.0. The minimum absolute atomic E-state index is 0.00769. The van der Waals surface area contributed by atoms with Gasteiger partial charge in [0.25, 0.3) is 0 Å². The van der Waals surface area contributed by atoms with E-state index in [0.717, 1.165) is 71.3 Å². The molecule has 0 radical (unpaired) electrons. The van der Waals surface area contributed by atoms with E-state index >= 15 is 0 Å². The molecule has 1 amide bonds. The van der Waals surface area contributed by atoms with E-state index in [0.29, 0.717) is 23.0 Å². The number of nitrogens with zero attached hydrogens (tertiary/aromatic N) is 3. The fourth-order valence-corrected chi connectivity index (χ4v) is 5.88. The van der Waals surface area contributed by atoms with Crippen molar-refractivity contribution in [2.45, 2.75) is 51.5 Å². The van der Waals surface area contributed by atoms with Crippen molar-refractivity contribution in [3.8, 4) is 6.07 Å². The fraction of sp³-hybridized carbons (Fsp3) is 0.281. The van der Waals surface area contributed by atoms with Crippen LogP contribution in [0.4, 0.5) is 9.18 Å². The first-order chi connectivity index (χ1) is 19.4. The Bertz CT molecular complexity index is 1600. The van der Waals surface area contributed by atoms with Crippen molar-refractivity contribution in [3.63, 3.8) is 0 Å². The molecule has 1 aliphatic carbocycles. The second kappa shape index (κ2) is 12.7. The lowest BCUT2D eigenvalue weighted by atomic mass is 9.86. The molecule has 1 atom stereocenters. The quantitative estimate of drug-likeness (QED) is 0.235. The highest BCUT2D eigenvalue weighted by atomic mass is 35.5. The molecule has 0 saturated heterocycles. The van der Waals surface area contributed by atoms with Crippen molar-refractivity contribution >= 4 is 46.2 Å². The molecule has 1 aliphatic rings. The molecule has 2 aromatic carbocycles. The number of fused-ring (bicyclic) bond motifs is 3. The van der Waals surface area contributed by atoms with Gasteiger partial charge in [0.1, 0.15) is 17.0 Å². The van der Waals surface area contributed by atoms with Crippen LogP contribution in [0.15, 0.2) is 60.8 Å². The highest BCUT2D eigenvalue weighted by Crippen LogP contribution is 2.35. The maximum atomic E-state index is 14.8. The number of pyridine rings is 1. The number of aryl methyl sites for hydroxylation is 1. The molecule has 1 unspecified atom stereocenters. The van der Waals surface area contributed by atoms with Crippen LogP contribution in [0.3, 0.4) is 0 Å². The number of nitriles is 1. The maximum absolute atomic E-state index is 14.8. The Labute approximate surface area is 243 Å². The average Bonchev–Trinajstić information content (AvgIpc) is 3.22. The molecule has 5 rings (SSSR count). The number of benzene rings is 2. The van der Waals surface area contributed by atoms with Crippen LogP contribution in [-0.2, 0) is 19.4 Å². The molecular weight excluding hydrogens is 546 g/mol. The van der Waals surface area contributed by atoms with Gasteiger partial charge in [0.2, 0.25) is 0 Å². The first-order valence-electron chi connectivity index (χ1n) is 13.5. The summed E-state index contributed by atoms with van der Waals surface area (Å²) < 4.78 is 16.4. The first kappa shape index (κ1) is 27.9. The van der Waals surface area contributed by atoms with E-state index in [1.807, 2.05) is 30.3 Å². The molecule has 2 aromatic heterocycles. The Hall–Kier alpha value is -3.66. The van der Waals surface area contributed by atoms with Gasteiger partial charge >= 0.3 is 6.03 Å². The lowest BCUT2D eigenvalue weighted by Crippen LogP contribution is -2.29.